The second kappa shape index (κ2) is 4.60. The van der Waals surface area contributed by atoms with Gasteiger partial charge in [0.15, 0.2) is 12.0 Å². The molecule has 0 aliphatic rings. The summed E-state index contributed by atoms with van der Waals surface area (Å²) in [6, 6.07) is 7.89. The number of carbonyl (C=O) groups is 1. The molecular formula is C11H6Cl2O3. The molecule has 1 heterocycles. The van der Waals surface area contributed by atoms with Crippen molar-refractivity contribution in [1.82, 2.24) is 0 Å². The summed E-state index contributed by atoms with van der Waals surface area (Å²) in [4.78, 5) is 10.4. The molecule has 16 heavy (non-hydrogen) atoms. The van der Waals surface area contributed by atoms with Gasteiger partial charge >= 0.3 is 0 Å². The fourth-order valence-corrected chi connectivity index (χ4v) is 1.40. The molecule has 0 radical (unpaired) electrons. The predicted molar refractivity (Wildman–Crippen MR) is 60.6 cm³/mol. The lowest BCUT2D eigenvalue weighted by molar-refractivity contribution is 0.109. The van der Waals surface area contributed by atoms with Gasteiger partial charge in [0.05, 0.1) is 10.0 Å². The zero-order valence-electron chi connectivity index (χ0n) is 7.94. The van der Waals surface area contributed by atoms with Crippen molar-refractivity contribution in [3.8, 4) is 11.7 Å². The number of furan rings is 1. The minimum atomic E-state index is 0.204. The van der Waals surface area contributed by atoms with E-state index in [-0.39, 0.29) is 11.7 Å². The highest BCUT2D eigenvalue weighted by atomic mass is 35.5. The molecule has 3 nitrogen and oxygen atoms in total. The van der Waals surface area contributed by atoms with Gasteiger partial charge in [0.25, 0.3) is 5.95 Å². The summed E-state index contributed by atoms with van der Waals surface area (Å²) in [6.45, 7) is 0. The molecule has 0 unspecified atom stereocenters. The van der Waals surface area contributed by atoms with Crippen LogP contribution in [0.15, 0.2) is 34.7 Å². The summed E-state index contributed by atoms with van der Waals surface area (Å²) in [5.41, 5.74) is 0. The van der Waals surface area contributed by atoms with E-state index in [1.807, 2.05) is 0 Å². The van der Waals surface area contributed by atoms with Crippen molar-refractivity contribution in [2.75, 3.05) is 0 Å². The smallest absolute Gasteiger partial charge is 0.290 e. The lowest BCUT2D eigenvalue weighted by Gasteiger charge is -2.02. The van der Waals surface area contributed by atoms with Gasteiger partial charge in [0.2, 0.25) is 0 Å². The van der Waals surface area contributed by atoms with Gasteiger partial charge in [-0.3, -0.25) is 4.79 Å². The standard InChI is InChI=1S/C11H6Cl2O3/c12-9-3-1-7(5-10(9)13)15-11-4-2-8(6-14)16-11/h1-6H. The van der Waals surface area contributed by atoms with Crippen LogP contribution in [0.3, 0.4) is 0 Å². The first-order valence-corrected chi connectivity index (χ1v) is 5.12. The van der Waals surface area contributed by atoms with Crippen molar-refractivity contribution in [3.63, 3.8) is 0 Å². The molecule has 0 aliphatic heterocycles. The Morgan fingerprint density at radius 3 is 2.56 bits per heavy atom. The fraction of sp³-hybridized carbons (Fsp3) is 0. The van der Waals surface area contributed by atoms with Gasteiger partial charge in [0.1, 0.15) is 5.75 Å². The summed E-state index contributed by atoms with van der Waals surface area (Å²) in [5, 5.41) is 0.836. The van der Waals surface area contributed by atoms with Crippen LogP contribution in [0.5, 0.6) is 11.7 Å². The SMILES string of the molecule is O=Cc1ccc(Oc2ccc(Cl)c(Cl)c2)o1. The Hall–Kier alpha value is -1.45. The van der Waals surface area contributed by atoms with Crippen LogP contribution >= 0.6 is 23.2 Å². The number of hydrogen-bond donors (Lipinski definition) is 0. The summed E-state index contributed by atoms with van der Waals surface area (Å²) >= 11 is 11.6. The largest absolute Gasteiger partial charge is 0.426 e. The highest BCUT2D eigenvalue weighted by Gasteiger charge is 2.05. The zero-order chi connectivity index (χ0) is 11.5. The Kier molecular flexibility index (Phi) is 3.17. The number of ether oxygens (including phenoxy) is 1. The van der Waals surface area contributed by atoms with Gasteiger partial charge in [-0.1, -0.05) is 23.2 Å². The van der Waals surface area contributed by atoms with Crippen LogP contribution in [-0.2, 0) is 0 Å². The molecule has 0 bridgehead atoms. The summed E-state index contributed by atoms with van der Waals surface area (Å²) in [6.07, 6.45) is 0.599. The first-order chi connectivity index (χ1) is 7.69. The van der Waals surface area contributed by atoms with E-state index >= 15 is 0 Å². The molecular weight excluding hydrogens is 251 g/mol. The molecule has 0 N–H and O–H groups in total. The predicted octanol–water partition coefficient (Wildman–Crippen LogP) is 4.19. The van der Waals surface area contributed by atoms with Gasteiger partial charge in [0, 0.05) is 12.1 Å². The highest BCUT2D eigenvalue weighted by molar-refractivity contribution is 6.42. The monoisotopic (exact) mass is 256 g/mol. The maximum Gasteiger partial charge on any atom is 0.290 e. The Balaban J connectivity index is 2.20. The van der Waals surface area contributed by atoms with Gasteiger partial charge < -0.3 is 9.15 Å². The van der Waals surface area contributed by atoms with E-state index in [1.54, 1.807) is 24.3 Å². The molecule has 0 aliphatic carbocycles. The number of halogens is 2. The molecule has 82 valence electrons. The first-order valence-electron chi connectivity index (χ1n) is 4.37. The first kappa shape index (κ1) is 11.0. The van der Waals surface area contributed by atoms with Gasteiger partial charge in [-0.15, -0.1) is 0 Å². The lowest BCUT2D eigenvalue weighted by Crippen LogP contribution is -1.81. The summed E-state index contributed by atoms with van der Waals surface area (Å²) in [7, 11) is 0. The lowest BCUT2D eigenvalue weighted by atomic mass is 10.3. The Bertz CT molecular complexity index is 520. The fourth-order valence-electron chi connectivity index (χ4n) is 1.11. The third kappa shape index (κ3) is 2.38. The molecule has 0 saturated carbocycles. The molecule has 2 rings (SSSR count). The molecule has 2 aromatic rings. The molecule has 1 aromatic heterocycles. The van der Waals surface area contributed by atoms with Crippen LogP contribution in [0, 0.1) is 0 Å². The van der Waals surface area contributed by atoms with Crippen LogP contribution in [-0.4, -0.2) is 6.29 Å². The quantitative estimate of drug-likeness (QED) is 0.774. The third-order valence-corrected chi connectivity index (χ3v) is 2.57. The van der Waals surface area contributed by atoms with Crippen molar-refractivity contribution in [1.29, 1.82) is 0 Å². The highest BCUT2D eigenvalue weighted by Crippen LogP contribution is 2.29. The zero-order valence-corrected chi connectivity index (χ0v) is 9.46. The number of carbonyl (C=O) groups excluding carboxylic acids is 1. The Labute approximate surface area is 102 Å². The van der Waals surface area contributed by atoms with Crippen LogP contribution in [0.1, 0.15) is 10.6 Å². The molecule has 1 aromatic carbocycles. The van der Waals surface area contributed by atoms with E-state index in [1.165, 1.54) is 6.07 Å². The normalized spacial score (nSPS) is 10.1. The van der Waals surface area contributed by atoms with E-state index < -0.39 is 0 Å². The minimum Gasteiger partial charge on any atom is -0.426 e. The van der Waals surface area contributed by atoms with E-state index in [2.05, 4.69) is 0 Å². The van der Waals surface area contributed by atoms with Crippen molar-refractivity contribution in [3.05, 3.63) is 46.1 Å². The molecule has 0 atom stereocenters. The van der Waals surface area contributed by atoms with E-state index in [4.69, 9.17) is 32.4 Å². The van der Waals surface area contributed by atoms with E-state index in [0.717, 1.165) is 0 Å². The van der Waals surface area contributed by atoms with Crippen molar-refractivity contribution in [2.24, 2.45) is 0 Å². The van der Waals surface area contributed by atoms with E-state index in [0.29, 0.717) is 22.1 Å². The number of benzene rings is 1. The summed E-state index contributed by atoms with van der Waals surface area (Å²) < 4.78 is 10.4. The summed E-state index contributed by atoms with van der Waals surface area (Å²) in [5.74, 6) is 0.914. The number of rotatable bonds is 3. The second-order valence-corrected chi connectivity index (χ2v) is 3.77. The van der Waals surface area contributed by atoms with Crippen LogP contribution in [0.25, 0.3) is 0 Å². The van der Waals surface area contributed by atoms with E-state index in [9.17, 15) is 4.79 Å². The molecule has 0 amide bonds. The molecule has 0 saturated heterocycles. The third-order valence-electron chi connectivity index (χ3n) is 1.83. The molecule has 0 fully saturated rings. The van der Waals surface area contributed by atoms with Gasteiger partial charge in [-0.25, -0.2) is 0 Å². The minimum absolute atomic E-state index is 0.204. The van der Waals surface area contributed by atoms with Crippen molar-refractivity contribution in [2.45, 2.75) is 0 Å². The van der Waals surface area contributed by atoms with Gasteiger partial charge in [-0.2, -0.15) is 0 Å². The number of hydrogen-bond acceptors (Lipinski definition) is 3. The Morgan fingerprint density at radius 1 is 1.12 bits per heavy atom. The van der Waals surface area contributed by atoms with Crippen LogP contribution < -0.4 is 4.74 Å². The second-order valence-electron chi connectivity index (χ2n) is 2.95. The average Bonchev–Trinajstić information content (AvgIpc) is 2.71. The van der Waals surface area contributed by atoms with Crippen molar-refractivity contribution >= 4 is 29.5 Å². The molecule has 0 spiro atoms. The van der Waals surface area contributed by atoms with Gasteiger partial charge in [-0.05, 0) is 18.2 Å². The van der Waals surface area contributed by atoms with Crippen molar-refractivity contribution < 1.29 is 13.9 Å². The maximum atomic E-state index is 10.4. The maximum absolute atomic E-state index is 10.4. The number of aldehydes is 1. The Morgan fingerprint density at radius 2 is 1.94 bits per heavy atom. The topological polar surface area (TPSA) is 39.4 Å². The average molecular weight is 257 g/mol. The van der Waals surface area contributed by atoms with Crippen LogP contribution in [0.4, 0.5) is 0 Å². The molecule has 5 heteroatoms. The van der Waals surface area contributed by atoms with Crippen LogP contribution in [0.2, 0.25) is 10.0 Å².